The largest absolute Gasteiger partial charge is 0.469 e. The van der Waals surface area contributed by atoms with Gasteiger partial charge in [-0.15, -0.1) is 10.2 Å². The van der Waals surface area contributed by atoms with Crippen molar-refractivity contribution in [2.24, 2.45) is 11.8 Å². The number of carbonyl (C=O) groups excluding carboxylic acids is 1. The number of nitrogens with zero attached hydrogens (tertiary/aromatic N) is 3. The van der Waals surface area contributed by atoms with Crippen LogP contribution in [0.2, 0.25) is 5.02 Å². The fraction of sp³-hybridized carbons (Fsp3) is 0.550. The van der Waals surface area contributed by atoms with E-state index in [9.17, 15) is 18.0 Å². The summed E-state index contributed by atoms with van der Waals surface area (Å²) in [4.78, 5) is 12.2. The van der Waals surface area contributed by atoms with Crippen molar-refractivity contribution < 1.29 is 22.7 Å². The quantitative estimate of drug-likeness (QED) is 0.655. The van der Waals surface area contributed by atoms with Crippen molar-refractivity contribution in [2.45, 2.75) is 50.6 Å². The van der Waals surface area contributed by atoms with Gasteiger partial charge in [0, 0.05) is 17.4 Å². The SMILES string of the molecule is COC(=O)C1Cc2cc(Cl)ccc2-n2c(nnc2[C@H]2CC[C@H](C(F)(F)F)CC2)C1. The average molecular weight is 428 g/mol. The van der Waals surface area contributed by atoms with Crippen LogP contribution in [0, 0.1) is 11.8 Å². The lowest BCUT2D eigenvalue weighted by Crippen LogP contribution is -2.28. The summed E-state index contributed by atoms with van der Waals surface area (Å²) in [6, 6.07) is 5.42. The summed E-state index contributed by atoms with van der Waals surface area (Å²) in [5.41, 5.74) is 1.70. The molecule has 1 aliphatic carbocycles. The first-order valence-electron chi connectivity index (χ1n) is 9.65. The Hall–Kier alpha value is -2.09. The molecule has 0 N–H and O–H groups in total. The van der Waals surface area contributed by atoms with Crippen LogP contribution in [-0.4, -0.2) is 34.0 Å². The van der Waals surface area contributed by atoms with Crippen LogP contribution in [0.5, 0.6) is 0 Å². The standard InChI is InChI=1S/C20H21ClF3N3O2/c1-29-19(28)13-8-12-9-15(21)6-7-16(12)27-17(10-13)25-26-18(27)11-2-4-14(5-3-11)20(22,23)24/h6-7,9,11,13-14H,2-5,8,10H2,1H3/t11-,13?,14-. The maximum atomic E-state index is 13.0. The first-order valence-corrected chi connectivity index (χ1v) is 10.0. The van der Waals surface area contributed by atoms with Gasteiger partial charge in [-0.2, -0.15) is 13.2 Å². The fourth-order valence-corrected chi connectivity index (χ4v) is 4.69. The van der Waals surface area contributed by atoms with Crippen LogP contribution in [0.15, 0.2) is 18.2 Å². The highest BCUT2D eigenvalue weighted by molar-refractivity contribution is 6.30. The topological polar surface area (TPSA) is 57.0 Å². The second-order valence-corrected chi connectivity index (χ2v) is 8.24. The van der Waals surface area contributed by atoms with Gasteiger partial charge in [-0.3, -0.25) is 9.36 Å². The number of methoxy groups -OCH3 is 1. The molecule has 1 saturated carbocycles. The molecule has 2 heterocycles. The molecule has 1 atom stereocenters. The third-order valence-corrected chi connectivity index (χ3v) is 6.26. The molecular weight excluding hydrogens is 407 g/mol. The normalized spacial score (nSPS) is 24.4. The number of rotatable bonds is 2. The lowest BCUT2D eigenvalue weighted by atomic mass is 9.81. The van der Waals surface area contributed by atoms with Crippen LogP contribution < -0.4 is 0 Å². The smallest absolute Gasteiger partial charge is 0.391 e. The molecule has 1 unspecified atom stereocenters. The summed E-state index contributed by atoms with van der Waals surface area (Å²) in [7, 11) is 1.35. The lowest BCUT2D eigenvalue weighted by molar-refractivity contribution is -0.182. The van der Waals surface area contributed by atoms with Crippen LogP contribution in [0.25, 0.3) is 5.69 Å². The lowest BCUT2D eigenvalue weighted by Gasteiger charge is -2.29. The number of carbonyl (C=O) groups is 1. The fourth-order valence-electron chi connectivity index (χ4n) is 4.50. The zero-order valence-electron chi connectivity index (χ0n) is 15.9. The van der Waals surface area contributed by atoms with Gasteiger partial charge in [-0.1, -0.05) is 11.6 Å². The molecule has 2 aliphatic rings. The van der Waals surface area contributed by atoms with E-state index in [4.69, 9.17) is 16.3 Å². The molecule has 0 saturated heterocycles. The van der Waals surface area contributed by atoms with Gasteiger partial charge in [0.15, 0.2) is 0 Å². The second kappa shape index (κ2) is 7.63. The molecule has 1 aromatic carbocycles. The van der Waals surface area contributed by atoms with E-state index < -0.39 is 18.0 Å². The molecular formula is C20H21ClF3N3O2. The van der Waals surface area contributed by atoms with Gasteiger partial charge in [0.25, 0.3) is 0 Å². The van der Waals surface area contributed by atoms with Gasteiger partial charge in [-0.25, -0.2) is 0 Å². The Kier molecular flexibility index (Phi) is 5.31. The van der Waals surface area contributed by atoms with Crippen molar-refractivity contribution in [1.29, 1.82) is 0 Å². The van der Waals surface area contributed by atoms with Crippen LogP contribution >= 0.6 is 11.6 Å². The van der Waals surface area contributed by atoms with E-state index in [-0.39, 0.29) is 24.7 Å². The van der Waals surface area contributed by atoms with Crippen molar-refractivity contribution in [3.05, 3.63) is 40.4 Å². The highest BCUT2D eigenvalue weighted by atomic mass is 35.5. The van der Waals surface area contributed by atoms with Gasteiger partial charge in [-0.05, 0) is 55.9 Å². The highest BCUT2D eigenvalue weighted by Crippen LogP contribution is 2.43. The molecule has 0 amide bonds. The van der Waals surface area contributed by atoms with E-state index in [1.807, 2.05) is 16.7 Å². The maximum absolute atomic E-state index is 13.0. The third-order valence-electron chi connectivity index (χ3n) is 6.02. The number of fused-ring (bicyclic) bond motifs is 3. The summed E-state index contributed by atoms with van der Waals surface area (Å²) < 4.78 is 46.0. The Morgan fingerprint density at radius 2 is 1.90 bits per heavy atom. The molecule has 1 aliphatic heterocycles. The Labute approximate surface area is 171 Å². The minimum Gasteiger partial charge on any atom is -0.469 e. The number of hydrogen-bond acceptors (Lipinski definition) is 4. The number of hydrogen-bond donors (Lipinski definition) is 0. The minimum absolute atomic E-state index is 0.0919. The van der Waals surface area contributed by atoms with Gasteiger partial charge in [0.1, 0.15) is 11.6 Å². The predicted octanol–water partition coefficient (Wildman–Crippen LogP) is 4.64. The predicted molar refractivity (Wildman–Crippen MR) is 100 cm³/mol. The molecule has 1 aromatic heterocycles. The number of aromatic nitrogens is 3. The van der Waals surface area contributed by atoms with Crippen LogP contribution in [0.3, 0.4) is 0 Å². The zero-order chi connectivity index (χ0) is 20.8. The van der Waals surface area contributed by atoms with E-state index in [1.165, 1.54) is 7.11 Å². The molecule has 0 bridgehead atoms. The molecule has 2 aromatic rings. The van der Waals surface area contributed by atoms with E-state index in [0.717, 1.165) is 11.3 Å². The molecule has 156 valence electrons. The van der Waals surface area contributed by atoms with Gasteiger partial charge in [0.2, 0.25) is 0 Å². The summed E-state index contributed by atoms with van der Waals surface area (Å²) >= 11 is 6.18. The van der Waals surface area contributed by atoms with Gasteiger partial charge >= 0.3 is 12.1 Å². The summed E-state index contributed by atoms with van der Waals surface area (Å²) in [5, 5.41) is 9.19. The summed E-state index contributed by atoms with van der Waals surface area (Å²) in [5.74, 6) is -0.826. The number of alkyl halides is 3. The molecule has 29 heavy (non-hydrogen) atoms. The van der Waals surface area contributed by atoms with Crippen molar-refractivity contribution in [3.63, 3.8) is 0 Å². The monoisotopic (exact) mass is 427 g/mol. The maximum Gasteiger partial charge on any atom is 0.391 e. The zero-order valence-corrected chi connectivity index (χ0v) is 16.6. The van der Waals surface area contributed by atoms with Gasteiger partial charge < -0.3 is 4.74 Å². The van der Waals surface area contributed by atoms with E-state index in [2.05, 4.69) is 10.2 Å². The average Bonchev–Trinajstić information content (AvgIpc) is 3.02. The van der Waals surface area contributed by atoms with E-state index >= 15 is 0 Å². The Balaban J connectivity index is 1.71. The number of esters is 1. The van der Waals surface area contributed by atoms with Crippen molar-refractivity contribution in [3.8, 4) is 5.69 Å². The Morgan fingerprint density at radius 3 is 2.55 bits per heavy atom. The van der Waals surface area contributed by atoms with E-state index in [1.54, 1.807) is 6.07 Å². The van der Waals surface area contributed by atoms with Gasteiger partial charge in [0.05, 0.1) is 24.6 Å². The third kappa shape index (κ3) is 3.86. The second-order valence-electron chi connectivity index (χ2n) is 7.80. The first-order chi connectivity index (χ1) is 13.8. The molecule has 1 fully saturated rings. The van der Waals surface area contributed by atoms with Crippen LogP contribution in [0.4, 0.5) is 13.2 Å². The Morgan fingerprint density at radius 1 is 1.17 bits per heavy atom. The molecule has 0 spiro atoms. The highest BCUT2D eigenvalue weighted by Gasteiger charge is 2.42. The Bertz CT molecular complexity index is 920. The molecule has 9 heteroatoms. The number of ether oxygens (including phenoxy) is 1. The summed E-state index contributed by atoms with van der Waals surface area (Å²) in [6.07, 6.45) is -2.35. The minimum atomic E-state index is -4.15. The molecule has 0 radical (unpaired) electrons. The van der Waals surface area contributed by atoms with Crippen molar-refractivity contribution in [1.82, 2.24) is 14.8 Å². The molecule has 5 nitrogen and oxygen atoms in total. The van der Waals surface area contributed by atoms with Crippen LogP contribution in [-0.2, 0) is 22.4 Å². The first kappa shape index (κ1) is 20.2. The number of benzene rings is 1. The van der Waals surface area contributed by atoms with Crippen molar-refractivity contribution in [2.75, 3.05) is 7.11 Å². The molecule has 4 rings (SSSR count). The van der Waals surface area contributed by atoms with Crippen molar-refractivity contribution >= 4 is 17.6 Å². The summed E-state index contributed by atoms with van der Waals surface area (Å²) in [6.45, 7) is 0. The van der Waals surface area contributed by atoms with E-state index in [0.29, 0.717) is 42.4 Å². The van der Waals surface area contributed by atoms with Crippen LogP contribution in [0.1, 0.15) is 48.8 Å². The number of halogens is 4.